The molecule has 2 aromatic carbocycles. The number of carboxylic acid groups (broad SMARTS) is 1. The van der Waals surface area contributed by atoms with Crippen molar-refractivity contribution in [3.63, 3.8) is 0 Å². The number of hydrogen-bond donors (Lipinski definition) is 1. The summed E-state index contributed by atoms with van der Waals surface area (Å²) in [6.07, 6.45) is 0. The van der Waals surface area contributed by atoms with Crippen LogP contribution in [0.15, 0.2) is 40.9 Å². The molecule has 0 heterocycles. The van der Waals surface area contributed by atoms with Gasteiger partial charge in [-0.1, -0.05) is 23.7 Å². The first-order valence-corrected chi connectivity index (χ1v) is 6.31. The van der Waals surface area contributed by atoms with Crippen molar-refractivity contribution in [3.8, 4) is 11.5 Å². The van der Waals surface area contributed by atoms with Crippen molar-refractivity contribution >= 4 is 33.5 Å². The third-order valence-corrected chi connectivity index (χ3v) is 3.22. The number of rotatable bonds is 3. The van der Waals surface area contributed by atoms with Gasteiger partial charge in [-0.05, 0) is 34.1 Å². The molecule has 0 aliphatic carbocycles. The Kier molecular flexibility index (Phi) is 4.07. The summed E-state index contributed by atoms with van der Waals surface area (Å²) in [6.45, 7) is 0. The molecule has 0 aliphatic heterocycles. The van der Waals surface area contributed by atoms with E-state index in [2.05, 4.69) is 15.9 Å². The molecule has 2 rings (SSSR count). The minimum atomic E-state index is -1.12. The first-order chi connectivity index (χ1) is 8.99. The van der Waals surface area contributed by atoms with Gasteiger partial charge in [-0.15, -0.1) is 0 Å². The van der Waals surface area contributed by atoms with Gasteiger partial charge in [0, 0.05) is 6.07 Å². The summed E-state index contributed by atoms with van der Waals surface area (Å²) in [5.74, 6) is -1.50. The maximum absolute atomic E-state index is 13.4. The van der Waals surface area contributed by atoms with Gasteiger partial charge in [0.2, 0.25) is 0 Å². The van der Waals surface area contributed by atoms with E-state index in [-0.39, 0.29) is 22.1 Å². The number of para-hydroxylation sites is 1. The largest absolute Gasteiger partial charge is 0.478 e. The van der Waals surface area contributed by atoms with Crippen molar-refractivity contribution in [1.29, 1.82) is 0 Å². The minimum Gasteiger partial charge on any atom is -0.478 e. The maximum atomic E-state index is 13.4. The van der Waals surface area contributed by atoms with Crippen LogP contribution in [0.25, 0.3) is 0 Å². The van der Waals surface area contributed by atoms with Crippen molar-refractivity contribution in [2.24, 2.45) is 0 Å². The molecule has 0 saturated heterocycles. The van der Waals surface area contributed by atoms with E-state index in [0.29, 0.717) is 4.47 Å². The topological polar surface area (TPSA) is 46.5 Å². The average Bonchev–Trinajstić information content (AvgIpc) is 2.36. The number of ether oxygens (including phenoxy) is 1. The normalized spacial score (nSPS) is 10.3. The van der Waals surface area contributed by atoms with Gasteiger partial charge in [-0.3, -0.25) is 0 Å². The first kappa shape index (κ1) is 13.8. The molecule has 0 spiro atoms. The fourth-order valence-electron chi connectivity index (χ4n) is 1.43. The third-order valence-electron chi connectivity index (χ3n) is 2.31. The van der Waals surface area contributed by atoms with E-state index >= 15 is 0 Å². The highest BCUT2D eigenvalue weighted by atomic mass is 79.9. The van der Waals surface area contributed by atoms with E-state index in [1.165, 1.54) is 18.2 Å². The third kappa shape index (κ3) is 3.05. The van der Waals surface area contributed by atoms with Crippen LogP contribution < -0.4 is 4.74 Å². The zero-order valence-corrected chi connectivity index (χ0v) is 11.7. The molecular weight excluding hydrogens is 338 g/mol. The summed E-state index contributed by atoms with van der Waals surface area (Å²) in [5.41, 5.74) is -0.00948. The van der Waals surface area contributed by atoms with E-state index in [1.54, 1.807) is 12.1 Å². The molecule has 1 N–H and O–H groups in total. The second-order valence-corrected chi connectivity index (χ2v) is 4.86. The summed E-state index contributed by atoms with van der Waals surface area (Å²) >= 11 is 8.79. The molecule has 0 unspecified atom stereocenters. The maximum Gasteiger partial charge on any atom is 0.339 e. The Hall–Kier alpha value is -1.59. The van der Waals surface area contributed by atoms with Crippen LogP contribution in [0, 0.1) is 5.82 Å². The monoisotopic (exact) mass is 344 g/mol. The number of carbonyl (C=O) groups is 1. The summed E-state index contributed by atoms with van der Waals surface area (Å²) in [5, 5.41) is 8.97. The highest BCUT2D eigenvalue weighted by Crippen LogP contribution is 2.34. The van der Waals surface area contributed by atoms with Crippen LogP contribution in [0.3, 0.4) is 0 Å². The smallest absolute Gasteiger partial charge is 0.339 e. The second kappa shape index (κ2) is 5.59. The summed E-state index contributed by atoms with van der Waals surface area (Å²) in [4.78, 5) is 11.0. The van der Waals surface area contributed by atoms with Crippen LogP contribution in [0.2, 0.25) is 5.02 Å². The number of aromatic carboxylic acids is 1. The van der Waals surface area contributed by atoms with E-state index in [1.807, 2.05) is 0 Å². The SMILES string of the molecule is O=C(O)c1ccccc1Oc1cc(F)c(Cl)cc1Br. The molecule has 19 heavy (non-hydrogen) atoms. The lowest BCUT2D eigenvalue weighted by atomic mass is 10.2. The Bertz CT molecular complexity index is 646. The summed E-state index contributed by atoms with van der Waals surface area (Å²) < 4.78 is 19.2. The lowest BCUT2D eigenvalue weighted by Crippen LogP contribution is -2.00. The predicted octanol–water partition coefficient (Wildman–Crippen LogP) is 4.73. The molecular formula is C13H7BrClFO3. The molecule has 6 heteroatoms. The van der Waals surface area contributed by atoms with Gasteiger partial charge in [-0.25, -0.2) is 9.18 Å². The van der Waals surface area contributed by atoms with E-state index in [0.717, 1.165) is 6.07 Å². The van der Waals surface area contributed by atoms with Crippen molar-refractivity contribution in [3.05, 3.63) is 57.3 Å². The summed E-state index contributed by atoms with van der Waals surface area (Å²) in [6, 6.07) is 8.52. The zero-order valence-electron chi connectivity index (χ0n) is 9.36. The Balaban J connectivity index is 2.42. The average molecular weight is 346 g/mol. The van der Waals surface area contributed by atoms with Gasteiger partial charge >= 0.3 is 5.97 Å². The molecule has 0 amide bonds. The van der Waals surface area contributed by atoms with Gasteiger partial charge in [0.15, 0.2) is 0 Å². The van der Waals surface area contributed by atoms with Crippen molar-refractivity contribution in [2.45, 2.75) is 0 Å². The lowest BCUT2D eigenvalue weighted by Gasteiger charge is -2.10. The highest BCUT2D eigenvalue weighted by molar-refractivity contribution is 9.10. The number of hydrogen-bond acceptors (Lipinski definition) is 2. The van der Waals surface area contributed by atoms with Crippen LogP contribution in [-0.2, 0) is 0 Å². The van der Waals surface area contributed by atoms with Crippen LogP contribution in [0.4, 0.5) is 4.39 Å². The molecule has 98 valence electrons. The van der Waals surface area contributed by atoms with Gasteiger partial charge < -0.3 is 9.84 Å². The number of halogens is 3. The second-order valence-electron chi connectivity index (χ2n) is 3.60. The molecule has 0 bridgehead atoms. The first-order valence-electron chi connectivity index (χ1n) is 5.13. The Morgan fingerprint density at radius 1 is 1.26 bits per heavy atom. The Morgan fingerprint density at radius 2 is 1.95 bits per heavy atom. The van der Waals surface area contributed by atoms with Crippen LogP contribution in [0.1, 0.15) is 10.4 Å². The van der Waals surface area contributed by atoms with Crippen LogP contribution >= 0.6 is 27.5 Å². The molecule has 0 saturated carbocycles. The van der Waals surface area contributed by atoms with Crippen molar-refractivity contribution < 1.29 is 19.0 Å². The standard InChI is InChI=1S/C13H7BrClFO3/c14-8-5-9(15)10(16)6-12(8)19-11-4-2-1-3-7(11)13(17)18/h1-6H,(H,17,18). The van der Waals surface area contributed by atoms with Gasteiger partial charge in [0.05, 0.1) is 9.50 Å². The molecule has 0 aromatic heterocycles. The number of carboxylic acids is 1. The van der Waals surface area contributed by atoms with Crippen LogP contribution in [-0.4, -0.2) is 11.1 Å². The zero-order chi connectivity index (χ0) is 14.0. The molecule has 3 nitrogen and oxygen atoms in total. The predicted molar refractivity (Wildman–Crippen MR) is 72.6 cm³/mol. The van der Waals surface area contributed by atoms with Crippen molar-refractivity contribution in [1.82, 2.24) is 0 Å². The minimum absolute atomic E-state index is 0.00948. The van der Waals surface area contributed by atoms with Gasteiger partial charge in [-0.2, -0.15) is 0 Å². The van der Waals surface area contributed by atoms with Gasteiger partial charge in [0.25, 0.3) is 0 Å². The fourth-order valence-corrected chi connectivity index (χ4v) is 2.15. The fraction of sp³-hybridized carbons (Fsp3) is 0. The van der Waals surface area contributed by atoms with E-state index in [4.69, 9.17) is 21.4 Å². The van der Waals surface area contributed by atoms with E-state index in [9.17, 15) is 9.18 Å². The molecule has 0 radical (unpaired) electrons. The molecule has 2 aromatic rings. The van der Waals surface area contributed by atoms with E-state index < -0.39 is 11.8 Å². The molecule has 0 atom stereocenters. The number of benzene rings is 2. The quantitative estimate of drug-likeness (QED) is 0.818. The summed E-state index contributed by atoms with van der Waals surface area (Å²) in [7, 11) is 0. The van der Waals surface area contributed by atoms with Crippen LogP contribution in [0.5, 0.6) is 11.5 Å². The Labute approximate surface area is 121 Å². The molecule has 0 fully saturated rings. The van der Waals surface area contributed by atoms with Crippen molar-refractivity contribution in [2.75, 3.05) is 0 Å². The lowest BCUT2D eigenvalue weighted by molar-refractivity contribution is 0.0694. The molecule has 0 aliphatic rings. The highest BCUT2D eigenvalue weighted by Gasteiger charge is 2.14. The Morgan fingerprint density at radius 3 is 2.63 bits per heavy atom. The van der Waals surface area contributed by atoms with Gasteiger partial charge in [0.1, 0.15) is 22.9 Å².